The zero-order chi connectivity index (χ0) is 17.5. The monoisotopic (exact) mass is 367 g/mol. The summed E-state index contributed by atoms with van der Waals surface area (Å²) < 4.78 is 1.62. The predicted octanol–water partition coefficient (Wildman–Crippen LogP) is 4.07. The minimum absolute atomic E-state index is 0.475. The van der Waals surface area contributed by atoms with Gasteiger partial charge in [0.2, 0.25) is 5.95 Å². The molecule has 5 rings (SSSR count). The Bertz CT molecular complexity index is 1080. The summed E-state index contributed by atoms with van der Waals surface area (Å²) in [5, 5.41) is 9.45. The molecular formula is C18H18ClN7. The molecule has 2 N–H and O–H groups in total. The summed E-state index contributed by atoms with van der Waals surface area (Å²) in [5.74, 6) is 0.680. The van der Waals surface area contributed by atoms with Gasteiger partial charge in [0.05, 0.1) is 11.9 Å². The highest BCUT2D eigenvalue weighted by molar-refractivity contribution is 6.29. The van der Waals surface area contributed by atoms with E-state index in [1.54, 1.807) is 10.7 Å². The van der Waals surface area contributed by atoms with Gasteiger partial charge < -0.3 is 10.3 Å². The highest BCUT2D eigenvalue weighted by Gasteiger charge is 2.16. The van der Waals surface area contributed by atoms with Crippen molar-refractivity contribution in [3.63, 3.8) is 0 Å². The third kappa shape index (κ3) is 2.68. The number of aromatic amines is 1. The van der Waals surface area contributed by atoms with E-state index >= 15 is 0 Å². The van der Waals surface area contributed by atoms with Crippen LogP contribution in [0.2, 0.25) is 5.15 Å². The van der Waals surface area contributed by atoms with Gasteiger partial charge in [-0.1, -0.05) is 30.9 Å². The van der Waals surface area contributed by atoms with E-state index in [-0.39, 0.29) is 0 Å². The van der Waals surface area contributed by atoms with Crippen molar-refractivity contribution in [3.05, 3.63) is 35.9 Å². The minimum Gasteiger partial charge on any atom is -0.351 e. The van der Waals surface area contributed by atoms with Crippen molar-refractivity contribution in [3.8, 4) is 11.3 Å². The van der Waals surface area contributed by atoms with E-state index in [0.717, 1.165) is 22.3 Å². The first-order chi connectivity index (χ1) is 12.8. The molecule has 0 radical (unpaired) electrons. The van der Waals surface area contributed by atoms with Crippen molar-refractivity contribution < 1.29 is 0 Å². The van der Waals surface area contributed by atoms with Crippen molar-refractivity contribution in [2.45, 2.75) is 38.1 Å². The van der Waals surface area contributed by atoms with Gasteiger partial charge in [0, 0.05) is 29.4 Å². The summed E-state index contributed by atoms with van der Waals surface area (Å²) in [5.41, 5.74) is 3.25. The summed E-state index contributed by atoms with van der Waals surface area (Å²) in [4.78, 5) is 16.6. The Morgan fingerprint density at radius 3 is 2.88 bits per heavy atom. The highest BCUT2D eigenvalue weighted by Crippen LogP contribution is 2.27. The molecule has 4 heterocycles. The molecule has 0 atom stereocenters. The van der Waals surface area contributed by atoms with Gasteiger partial charge in [-0.3, -0.25) is 0 Å². The van der Waals surface area contributed by atoms with Crippen LogP contribution in [-0.2, 0) is 0 Å². The summed E-state index contributed by atoms with van der Waals surface area (Å²) in [6.45, 7) is 0. The first-order valence-electron chi connectivity index (χ1n) is 8.89. The molecule has 0 amide bonds. The van der Waals surface area contributed by atoms with Crippen LogP contribution in [0.3, 0.4) is 0 Å². The molecule has 0 saturated heterocycles. The third-order valence-corrected chi connectivity index (χ3v) is 5.22. The summed E-state index contributed by atoms with van der Waals surface area (Å²) in [7, 11) is 0. The molecule has 26 heavy (non-hydrogen) atoms. The van der Waals surface area contributed by atoms with Crippen LogP contribution in [0.15, 0.2) is 30.7 Å². The molecule has 1 aliphatic rings. The number of rotatable bonds is 3. The van der Waals surface area contributed by atoms with Crippen molar-refractivity contribution in [1.82, 2.24) is 29.5 Å². The smallest absolute Gasteiger partial charge is 0.224 e. The lowest BCUT2D eigenvalue weighted by Crippen LogP contribution is -2.23. The van der Waals surface area contributed by atoms with E-state index in [2.05, 4.69) is 30.4 Å². The minimum atomic E-state index is 0.475. The Morgan fingerprint density at radius 2 is 2.00 bits per heavy atom. The van der Waals surface area contributed by atoms with Crippen molar-refractivity contribution in [2.75, 3.05) is 5.32 Å². The van der Waals surface area contributed by atoms with Gasteiger partial charge in [0.1, 0.15) is 5.65 Å². The summed E-state index contributed by atoms with van der Waals surface area (Å²) in [6.07, 6.45) is 11.6. The van der Waals surface area contributed by atoms with Gasteiger partial charge in [-0.2, -0.15) is 10.1 Å². The molecule has 0 bridgehead atoms. The molecule has 0 spiro atoms. The number of hydrogen-bond donors (Lipinski definition) is 2. The van der Waals surface area contributed by atoms with E-state index in [1.165, 1.54) is 32.1 Å². The second-order valence-electron chi connectivity index (χ2n) is 6.71. The van der Waals surface area contributed by atoms with Gasteiger partial charge in [-0.25, -0.2) is 14.5 Å². The van der Waals surface area contributed by atoms with Crippen LogP contribution in [0.25, 0.3) is 27.9 Å². The van der Waals surface area contributed by atoms with E-state index in [4.69, 9.17) is 11.6 Å². The maximum Gasteiger partial charge on any atom is 0.224 e. The van der Waals surface area contributed by atoms with Crippen LogP contribution in [-0.4, -0.2) is 35.6 Å². The lowest BCUT2D eigenvalue weighted by molar-refractivity contribution is 0.461. The van der Waals surface area contributed by atoms with E-state index in [0.29, 0.717) is 22.8 Å². The van der Waals surface area contributed by atoms with Crippen LogP contribution in [0.4, 0.5) is 5.95 Å². The molecule has 0 aromatic carbocycles. The number of aromatic nitrogens is 6. The first kappa shape index (κ1) is 15.6. The van der Waals surface area contributed by atoms with Crippen LogP contribution >= 0.6 is 11.6 Å². The highest BCUT2D eigenvalue weighted by atomic mass is 35.5. The lowest BCUT2D eigenvalue weighted by atomic mass is 9.96. The van der Waals surface area contributed by atoms with Crippen LogP contribution in [0.5, 0.6) is 0 Å². The second-order valence-corrected chi connectivity index (χ2v) is 7.09. The van der Waals surface area contributed by atoms with Gasteiger partial charge in [0.25, 0.3) is 0 Å². The number of fused-ring (bicyclic) bond motifs is 2. The quantitative estimate of drug-likeness (QED) is 0.570. The maximum atomic E-state index is 6.13. The number of halogens is 1. The Balaban J connectivity index is 1.49. The molecule has 1 fully saturated rings. The van der Waals surface area contributed by atoms with Gasteiger partial charge in [-0.15, -0.1) is 0 Å². The van der Waals surface area contributed by atoms with Crippen LogP contribution < -0.4 is 5.32 Å². The number of nitrogens with one attached hydrogen (secondary N) is 2. The van der Waals surface area contributed by atoms with Crippen LogP contribution in [0.1, 0.15) is 32.1 Å². The molecule has 0 aliphatic heterocycles. The zero-order valence-corrected chi connectivity index (χ0v) is 14.9. The Hall–Kier alpha value is -2.67. The SMILES string of the molecule is Clc1cnc2ccc(-c3c[nH]c4nc(NC5CCCCC5)ncc34)nn12. The first-order valence-corrected chi connectivity index (χ1v) is 9.27. The Morgan fingerprint density at radius 1 is 1.12 bits per heavy atom. The molecule has 7 nitrogen and oxygen atoms in total. The molecule has 4 aromatic heterocycles. The maximum absolute atomic E-state index is 6.13. The van der Waals surface area contributed by atoms with Gasteiger partial charge in [0.15, 0.2) is 10.8 Å². The molecule has 4 aromatic rings. The molecule has 1 aliphatic carbocycles. The molecule has 132 valence electrons. The molecule has 1 saturated carbocycles. The fourth-order valence-corrected chi connectivity index (χ4v) is 3.78. The van der Waals surface area contributed by atoms with E-state index in [9.17, 15) is 0 Å². The largest absolute Gasteiger partial charge is 0.351 e. The fraction of sp³-hybridized carbons (Fsp3) is 0.333. The predicted molar refractivity (Wildman–Crippen MR) is 101 cm³/mol. The Labute approximate surface area is 154 Å². The van der Waals surface area contributed by atoms with Crippen molar-refractivity contribution in [1.29, 1.82) is 0 Å². The van der Waals surface area contributed by atoms with Gasteiger partial charge >= 0.3 is 0 Å². The summed E-state index contributed by atoms with van der Waals surface area (Å²) >= 11 is 6.13. The fourth-order valence-electron chi connectivity index (χ4n) is 3.61. The number of H-pyrrole nitrogens is 1. The average molecular weight is 368 g/mol. The average Bonchev–Trinajstić information content (AvgIpc) is 3.26. The normalized spacial score (nSPS) is 15.7. The molecule has 8 heteroatoms. The lowest BCUT2D eigenvalue weighted by Gasteiger charge is -2.22. The van der Waals surface area contributed by atoms with Crippen LogP contribution in [0, 0.1) is 0 Å². The molecular weight excluding hydrogens is 350 g/mol. The Kier molecular flexibility index (Phi) is 3.74. The number of imidazole rings is 1. The van der Waals surface area contributed by atoms with Gasteiger partial charge in [-0.05, 0) is 25.0 Å². The van der Waals surface area contributed by atoms with E-state index in [1.807, 2.05) is 24.5 Å². The van der Waals surface area contributed by atoms with Crippen molar-refractivity contribution in [2.24, 2.45) is 0 Å². The molecule has 0 unspecified atom stereocenters. The second kappa shape index (κ2) is 6.25. The van der Waals surface area contributed by atoms with E-state index < -0.39 is 0 Å². The number of hydrogen-bond acceptors (Lipinski definition) is 5. The topological polar surface area (TPSA) is 83.8 Å². The third-order valence-electron chi connectivity index (χ3n) is 4.97. The standard InChI is InChI=1S/C18H18ClN7/c19-15-10-20-16-7-6-14(25-26(15)16)12-8-21-17-13(12)9-22-18(24-17)23-11-4-2-1-3-5-11/h6-11H,1-5H2,(H2,21,22,23,24). The summed E-state index contributed by atoms with van der Waals surface area (Å²) in [6, 6.07) is 4.30. The number of nitrogens with zero attached hydrogens (tertiary/aromatic N) is 5. The number of anilines is 1. The van der Waals surface area contributed by atoms with Crippen molar-refractivity contribution >= 4 is 34.2 Å². The zero-order valence-electron chi connectivity index (χ0n) is 14.1.